The number of aromatic nitrogens is 2. The Morgan fingerprint density at radius 1 is 1.18 bits per heavy atom. The minimum atomic E-state index is -4.57. The van der Waals surface area contributed by atoms with Crippen molar-refractivity contribution in [2.45, 2.75) is 44.8 Å². The molecule has 2 heterocycles. The van der Waals surface area contributed by atoms with Gasteiger partial charge in [-0.15, -0.1) is 0 Å². The number of piperidine rings is 1. The molecular formula is C24H26F3N5O2. The summed E-state index contributed by atoms with van der Waals surface area (Å²) in [7, 11) is 0. The normalized spacial score (nSPS) is 17.4. The lowest BCUT2D eigenvalue weighted by molar-refractivity contribution is -0.137. The van der Waals surface area contributed by atoms with Gasteiger partial charge in [-0.25, -0.2) is 5.10 Å². The SMILES string of the molecule is CC(=O)Nc1cc([C@@H](C)Nc2n[nH]c(=O)c3ccc(C4CCCNC4)cc23)cc(C(F)(F)F)c1. The van der Waals surface area contributed by atoms with Crippen LogP contribution in [-0.2, 0) is 11.0 Å². The van der Waals surface area contributed by atoms with Crippen LogP contribution in [0.4, 0.5) is 24.7 Å². The molecule has 1 aliphatic rings. The molecule has 2 atom stereocenters. The number of hydrogen-bond donors (Lipinski definition) is 4. The Morgan fingerprint density at radius 3 is 2.65 bits per heavy atom. The topological polar surface area (TPSA) is 98.9 Å². The molecule has 4 rings (SSSR count). The van der Waals surface area contributed by atoms with E-state index >= 15 is 0 Å². The fraction of sp³-hybridized carbons (Fsp3) is 0.375. The molecule has 2 aromatic carbocycles. The molecule has 180 valence electrons. The molecule has 1 aliphatic heterocycles. The minimum absolute atomic E-state index is 0.0531. The van der Waals surface area contributed by atoms with E-state index in [2.05, 4.69) is 26.1 Å². The summed E-state index contributed by atoms with van der Waals surface area (Å²) in [6, 6.07) is 8.45. The highest BCUT2D eigenvalue weighted by atomic mass is 19.4. The molecule has 0 spiro atoms. The second-order valence-electron chi connectivity index (χ2n) is 8.64. The predicted octanol–water partition coefficient (Wildman–Crippen LogP) is 4.54. The molecule has 34 heavy (non-hydrogen) atoms. The average molecular weight is 473 g/mol. The first-order valence-electron chi connectivity index (χ1n) is 11.1. The Hall–Kier alpha value is -3.40. The van der Waals surface area contributed by atoms with E-state index in [1.54, 1.807) is 13.0 Å². The van der Waals surface area contributed by atoms with Gasteiger partial charge in [-0.1, -0.05) is 6.07 Å². The van der Waals surface area contributed by atoms with Gasteiger partial charge >= 0.3 is 6.18 Å². The van der Waals surface area contributed by atoms with Crippen LogP contribution < -0.4 is 21.5 Å². The third-order valence-electron chi connectivity index (χ3n) is 6.04. The van der Waals surface area contributed by atoms with Crippen molar-refractivity contribution < 1.29 is 18.0 Å². The van der Waals surface area contributed by atoms with Gasteiger partial charge in [0.15, 0.2) is 5.82 Å². The third-order valence-corrected chi connectivity index (χ3v) is 6.04. The lowest BCUT2D eigenvalue weighted by Gasteiger charge is -2.24. The number of carbonyl (C=O) groups is 1. The second kappa shape index (κ2) is 9.46. The van der Waals surface area contributed by atoms with Gasteiger partial charge in [0.2, 0.25) is 5.91 Å². The van der Waals surface area contributed by atoms with Crippen LogP contribution in [0.25, 0.3) is 10.8 Å². The van der Waals surface area contributed by atoms with E-state index in [1.165, 1.54) is 13.0 Å². The summed E-state index contributed by atoms with van der Waals surface area (Å²) in [5.74, 6) is 0.210. The molecule has 0 bridgehead atoms. The summed E-state index contributed by atoms with van der Waals surface area (Å²) in [4.78, 5) is 23.8. The zero-order valence-electron chi connectivity index (χ0n) is 18.8. The van der Waals surface area contributed by atoms with Crippen LogP contribution in [0.3, 0.4) is 0 Å². The maximum Gasteiger partial charge on any atom is 0.416 e. The molecule has 1 fully saturated rings. The lowest BCUT2D eigenvalue weighted by Crippen LogP contribution is -2.28. The molecule has 1 unspecified atom stereocenters. The Balaban J connectivity index is 1.71. The Kier molecular flexibility index (Phi) is 6.60. The van der Waals surface area contributed by atoms with Crippen LogP contribution in [-0.4, -0.2) is 29.2 Å². The van der Waals surface area contributed by atoms with Crippen molar-refractivity contribution in [3.63, 3.8) is 0 Å². The van der Waals surface area contributed by atoms with Crippen molar-refractivity contribution in [3.8, 4) is 0 Å². The van der Waals surface area contributed by atoms with Gasteiger partial charge in [-0.3, -0.25) is 9.59 Å². The predicted molar refractivity (Wildman–Crippen MR) is 125 cm³/mol. The summed E-state index contributed by atoms with van der Waals surface area (Å²) < 4.78 is 40.4. The van der Waals surface area contributed by atoms with Crippen LogP contribution in [0.1, 0.15) is 55.3 Å². The van der Waals surface area contributed by atoms with Crippen molar-refractivity contribution in [1.29, 1.82) is 0 Å². The highest BCUT2D eigenvalue weighted by Crippen LogP contribution is 2.35. The molecular weight excluding hydrogens is 447 g/mol. The van der Waals surface area contributed by atoms with Crippen molar-refractivity contribution in [2.75, 3.05) is 23.7 Å². The zero-order valence-corrected chi connectivity index (χ0v) is 18.8. The number of halogens is 3. The molecule has 0 radical (unpaired) electrons. The number of nitrogens with zero attached hydrogens (tertiary/aromatic N) is 1. The van der Waals surface area contributed by atoms with Crippen LogP contribution in [0.5, 0.6) is 0 Å². The highest BCUT2D eigenvalue weighted by Gasteiger charge is 2.32. The number of H-pyrrole nitrogens is 1. The number of hydrogen-bond acceptors (Lipinski definition) is 5. The molecule has 1 aromatic heterocycles. The first kappa shape index (κ1) is 23.7. The zero-order chi connectivity index (χ0) is 24.5. The summed E-state index contributed by atoms with van der Waals surface area (Å²) in [5.41, 5.74) is 0.238. The quantitative estimate of drug-likeness (QED) is 0.436. The van der Waals surface area contributed by atoms with Gasteiger partial charge in [0.1, 0.15) is 0 Å². The smallest absolute Gasteiger partial charge is 0.362 e. The Morgan fingerprint density at radius 2 is 1.97 bits per heavy atom. The van der Waals surface area contributed by atoms with Crippen molar-refractivity contribution >= 4 is 28.2 Å². The molecule has 10 heteroatoms. The highest BCUT2D eigenvalue weighted by molar-refractivity contribution is 5.92. The third kappa shape index (κ3) is 5.22. The minimum Gasteiger partial charge on any atom is -0.362 e. The number of carbonyl (C=O) groups excluding carboxylic acids is 1. The first-order valence-corrected chi connectivity index (χ1v) is 11.1. The van der Waals surface area contributed by atoms with E-state index in [0.717, 1.165) is 43.6 Å². The summed E-state index contributed by atoms with van der Waals surface area (Å²) in [5, 5.41) is 16.6. The first-order chi connectivity index (χ1) is 16.1. The molecule has 0 saturated carbocycles. The van der Waals surface area contributed by atoms with Crippen LogP contribution in [0, 0.1) is 0 Å². The number of anilines is 2. The van der Waals surface area contributed by atoms with E-state index in [4.69, 9.17) is 0 Å². The van der Waals surface area contributed by atoms with Crippen LogP contribution >= 0.6 is 0 Å². The van der Waals surface area contributed by atoms with Crippen LogP contribution in [0.2, 0.25) is 0 Å². The number of amides is 1. The van der Waals surface area contributed by atoms with Crippen molar-refractivity contribution in [2.24, 2.45) is 0 Å². The summed E-state index contributed by atoms with van der Waals surface area (Å²) in [6.45, 7) is 4.75. The van der Waals surface area contributed by atoms with E-state index in [9.17, 15) is 22.8 Å². The number of rotatable bonds is 5. The maximum atomic E-state index is 13.5. The molecule has 0 aliphatic carbocycles. The number of benzene rings is 2. The molecule has 3 aromatic rings. The number of alkyl halides is 3. The van der Waals surface area contributed by atoms with E-state index in [0.29, 0.717) is 28.1 Å². The average Bonchev–Trinajstić information content (AvgIpc) is 2.80. The van der Waals surface area contributed by atoms with Gasteiger partial charge in [-0.2, -0.15) is 18.3 Å². The number of nitrogens with one attached hydrogen (secondary N) is 4. The van der Waals surface area contributed by atoms with Crippen molar-refractivity contribution in [3.05, 3.63) is 63.4 Å². The molecule has 1 amide bonds. The van der Waals surface area contributed by atoms with Crippen molar-refractivity contribution in [1.82, 2.24) is 15.5 Å². The Bertz CT molecular complexity index is 1270. The van der Waals surface area contributed by atoms with E-state index in [1.807, 2.05) is 12.1 Å². The molecule has 7 nitrogen and oxygen atoms in total. The number of aromatic amines is 1. The van der Waals surface area contributed by atoms with Crippen LogP contribution in [0.15, 0.2) is 41.2 Å². The summed E-state index contributed by atoms with van der Waals surface area (Å²) in [6.07, 6.45) is -2.48. The standard InChI is InChI=1S/C24H26F3N5O2/c1-13(17-8-18(24(25,26)27)11-19(9-17)30-14(2)33)29-22-21-10-15(16-4-3-7-28-12-16)5-6-20(21)23(34)32-31-22/h5-6,8-11,13,16,28H,3-4,7,12H2,1-2H3,(H,29,31)(H,30,33)(H,32,34)/t13-,16?/m1/s1. The monoisotopic (exact) mass is 473 g/mol. The van der Waals surface area contributed by atoms with Gasteiger partial charge < -0.3 is 16.0 Å². The van der Waals surface area contributed by atoms with E-state index in [-0.39, 0.29) is 11.2 Å². The Labute approximate surface area is 194 Å². The van der Waals surface area contributed by atoms with E-state index < -0.39 is 23.7 Å². The second-order valence-corrected chi connectivity index (χ2v) is 8.64. The van der Waals surface area contributed by atoms with Gasteiger partial charge in [0, 0.05) is 24.5 Å². The fourth-order valence-electron chi connectivity index (χ4n) is 4.31. The fourth-order valence-corrected chi connectivity index (χ4v) is 4.31. The molecule has 4 N–H and O–H groups in total. The summed E-state index contributed by atoms with van der Waals surface area (Å²) >= 11 is 0. The maximum absolute atomic E-state index is 13.5. The lowest BCUT2D eigenvalue weighted by atomic mass is 9.90. The van der Waals surface area contributed by atoms with Gasteiger partial charge in [-0.05, 0) is 73.7 Å². The molecule has 1 saturated heterocycles. The number of fused-ring (bicyclic) bond motifs is 1. The van der Waals surface area contributed by atoms with Gasteiger partial charge in [0.05, 0.1) is 17.0 Å². The van der Waals surface area contributed by atoms with Gasteiger partial charge in [0.25, 0.3) is 5.56 Å². The largest absolute Gasteiger partial charge is 0.416 e.